The Labute approximate surface area is 87.0 Å². The minimum atomic E-state index is -0.967. The number of hydrogen-bond acceptors (Lipinski definition) is 4. The maximum Gasteiger partial charge on any atom is 0.337 e. The van der Waals surface area contributed by atoms with E-state index in [-0.39, 0.29) is 12.2 Å². The topological polar surface area (TPSA) is 73.7 Å². The van der Waals surface area contributed by atoms with E-state index in [1.807, 2.05) is 4.90 Å². The van der Waals surface area contributed by atoms with Gasteiger partial charge in [0.25, 0.3) is 0 Å². The van der Waals surface area contributed by atoms with Crippen molar-refractivity contribution in [3.05, 3.63) is 23.9 Å². The predicted molar refractivity (Wildman–Crippen MR) is 54.0 cm³/mol. The molecule has 0 aromatic carbocycles. The van der Waals surface area contributed by atoms with E-state index in [9.17, 15) is 4.79 Å². The maximum absolute atomic E-state index is 10.6. The van der Waals surface area contributed by atoms with Gasteiger partial charge in [-0.05, 0) is 12.1 Å². The molecule has 0 amide bonds. The predicted octanol–water partition coefficient (Wildman–Crippen LogP) is 0.208. The molecule has 1 aliphatic heterocycles. The van der Waals surface area contributed by atoms with Crippen LogP contribution in [0.25, 0.3) is 0 Å². The summed E-state index contributed by atoms with van der Waals surface area (Å²) in [6.45, 7) is 1.77. The molecule has 0 saturated carbocycles. The molecular formula is C10H12N2O3. The van der Waals surface area contributed by atoms with Crippen molar-refractivity contribution in [3.63, 3.8) is 0 Å². The highest BCUT2D eigenvalue weighted by Crippen LogP contribution is 2.22. The van der Waals surface area contributed by atoms with Gasteiger partial charge in [-0.2, -0.15) is 0 Å². The molecule has 0 bridgehead atoms. The number of aliphatic hydroxyl groups is 1. The molecule has 2 N–H and O–H groups in total. The molecule has 0 unspecified atom stereocenters. The summed E-state index contributed by atoms with van der Waals surface area (Å²) in [5, 5.41) is 17.5. The Morgan fingerprint density at radius 2 is 2.27 bits per heavy atom. The average Bonchev–Trinajstić information content (AvgIpc) is 2.17. The molecule has 15 heavy (non-hydrogen) atoms. The van der Waals surface area contributed by atoms with Gasteiger partial charge in [0.1, 0.15) is 5.82 Å². The van der Waals surface area contributed by atoms with Crippen molar-refractivity contribution in [3.8, 4) is 0 Å². The lowest BCUT2D eigenvalue weighted by Crippen LogP contribution is -2.48. The summed E-state index contributed by atoms with van der Waals surface area (Å²) in [5.41, 5.74) is 0.193. The average molecular weight is 208 g/mol. The number of aliphatic hydroxyl groups excluding tert-OH is 1. The van der Waals surface area contributed by atoms with Gasteiger partial charge in [0.15, 0.2) is 0 Å². The fourth-order valence-electron chi connectivity index (χ4n) is 1.57. The minimum Gasteiger partial charge on any atom is -0.478 e. The fourth-order valence-corrected chi connectivity index (χ4v) is 1.57. The fraction of sp³-hybridized carbons (Fsp3) is 0.400. The van der Waals surface area contributed by atoms with Gasteiger partial charge in [0.2, 0.25) is 0 Å². The zero-order valence-electron chi connectivity index (χ0n) is 8.13. The third kappa shape index (κ3) is 1.92. The van der Waals surface area contributed by atoms with E-state index < -0.39 is 5.97 Å². The Balaban J connectivity index is 2.02. The van der Waals surface area contributed by atoms with E-state index in [0.717, 1.165) is 18.9 Å². The van der Waals surface area contributed by atoms with Crippen molar-refractivity contribution in [1.29, 1.82) is 0 Å². The molecule has 0 spiro atoms. The third-order valence-electron chi connectivity index (χ3n) is 2.53. The lowest BCUT2D eigenvalue weighted by atomic mass is 10.0. The number of aromatic carboxylic acids is 1. The van der Waals surface area contributed by atoms with Gasteiger partial charge in [-0.15, -0.1) is 0 Å². The van der Waals surface area contributed by atoms with Crippen LogP contribution in [-0.2, 0) is 0 Å². The highest BCUT2D eigenvalue weighted by atomic mass is 16.4. The molecule has 0 aliphatic carbocycles. The summed E-state index contributed by atoms with van der Waals surface area (Å²) in [6, 6.07) is 3.23. The number of carboxylic acids is 1. The van der Waals surface area contributed by atoms with Crippen LogP contribution in [0.1, 0.15) is 10.4 Å². The molecule has 1 fully saturated rings. The summed E-state index contributed by atoms with van der Waals surface area (Å²) in [7, 11) is 0. The first kappa shape index (κ1) is 9.92. The number of anilines is 1. The van der Waals surface area contributed by atoms with E-state index in [4.69, 9.17) is 10.2 Å². The molecule has 1 aromatic rings. The van der Waals surface area contributed by atoms with E-state index in [2.05, 4.69) is 4.98 Å². The van der Waals surface area contributed by atoms with Crippen LogP contribution >= 0.6 is 0 Å². The summed E-state index contributed by atoms with van der Waals surface area (Å²) in [4.78, 5) is 16.6. The van der Waals surface area contributed by atoms with Gasteiger partial charge in [-0.1, -0.05) is 0 Å². The van der Waals surface area contributed by atoms with Crippen LogP contribution < -0.4 is 4.90 Å². The minimum absolute atomic E-state index is 0.193. The number of carboxylic acid groups (broad SMARTS) is 1. The van der Waals surface area contributed by atoms with Gasteiger partial charge < -0.3 is 15.1 Å². The molecule has 0 radical (unpaired) electrons. The normalized spacial score (nSPS) is 16.2. The lowest BCUT2D eigenvalue weighted by molar-refractivity contribution is 0.0696. The van der Waals surface area contributed by atoms with Crippen molar-refractivity contribution in [2.45, 2.75) is 0 Å². The first-order valence-electron chi connectivity index (χ1n) is 4.76. The molecule has 5 nitrogen and oxygen atoms in total. The van der Waals surface area contributed by atoms with E-state index >= 15 is 0 Å². The monoisotopic (exact) mass is 208 g/mol. The second kappa shape index (κ2) is 3.86. The zero-order chi connectivity index (χ0) is 10.8. The van der Waals surface area contributed by atoms with E-state index in [1.54, 1.807) is 6.07 Å². The van der Waals surface area contributed by atoms with Gasteiger partial charge in [-0.3, -0.25) is 0 Å². The number of nitrogens with zero attached hydrogens (tertiary/aromatic N) is 2. The molecule has 80 valence electrons. The quantitative estimate of drug-likeness (QED) is 0.742. The van der Waals surface area contributed by atoms with Crippen LogP contribution in [0.2, 0.25) is 0 Å². The Bertz CT molecular complexity index is 357. The van der Waals surface area contributed by atoms with Crippen LogP contribution in [0, 0.1) is 5.92 Å². The second-order valence-electron chi connectivity index (χ2n) is 3.66. The summed E-state index contributed by atoms with van der Waals surface area (Å²) in [5.74, 6) is 0.126. The molecule has 0 atom stereocenters. The van der Waals surface area contributed by atoms with Crippen molar-refractivity contribution in [2.75, 3.05) is 24.6 Å². The molecule has 2 heterocycles. The van der Waals surface area contributed by atoms with Crippen molar-refractivity contribution >= 4 is 11.8 Å². The van der Waals surface area contributed by atoms with Crippen molar-refractivity contribution in [2.24, 2.45) is 5.92 Å². The Morgan fingerprint density at radius 1 is 1.53 bits per heavy atom. The highest BCUT2D eigenvalue weighted by Gasteiger charge is 2.26. The summed E-state index contributed by atoms with van der Waals surface area (Å²) >= 11 is 0. The Kier molecular flexibility index (Phi) is 2.55. The van der Waals surface area contributed by atoms with Crippen LogP contribution in [0.3, 0.4) is 0 Å². The van der Waals surface area contributed by atoms with Crippen LogP contribution in [0.4, 0.5) is 5.82 Å². The highest BCUT2D eigenvalue weighted by molar-refractivity contribution is 5.87. The lowest BCUT2D eigenvalue weighted by Gasteiger charge is -2.39. The van der Waals surface area contributed by atoms with E-state index in [1.165, 1.54) is 12.3 Å². The largest absolute Gasteiger partial charge is 0.478 e. The number of aromatic nitrogens is 1. The Morgan fingerprint density at radius 3 is 2.73 bits per heavy atom. The SMILES string of the molecule is O=C(O)c1ccc(N2CC(CO)C2)nc1. The van der Waals surface area contributed by atoms with Crippen molar-refractivity contribution in [1.82, 2.24) is 4.98 Å². The van der Waals surface area contributed by atoms with Gasteiger partial charge in [-0.25, -0.2) is 9.78 Å². The van der Waals surface area contributed by atoms with Gasteiger partial charge >= 0.3 is 5.97 Å². The molecule has 1 saturated heterocycles. The van der Waals surface area contributed by atoms with Crippen LogP contribution in [0.5, 0.6) is 0 Å². The number of hydrogen-bond donors (Lipinski definition) is 2. The zero-order valence-corrected chi connectivity index (χ0v) is 8.13. The summed E-state index contributed by atoms with van der Waals surface area (Å²) in [6.07, 6.45) is 1.35. The van der Waals surface area contributed by atoms with Gasteiger partial charge in [0, 0.05) is 31.8 Å². The molecule has 1 aromatic heterocycles. The smallest absolute Gasteiger partial charge is 0.337 e. The first-order chi connectivity index (χ1) is 7.20. The second-order valence-corrected chi connectivity index (χ2v) is 3.66. The van der Waals surface area contributed by atoms with E-state index in [0.29, 0.717) is 5.92 Å². The number of rotatable bonds is 3. The molecule has 5 heteroatoms. The van der Waals surface area contributed by atoms with Crippen LogP contribution in [-0.4, -0.2) is 40.9 Å². The Hall–Kier alpha value is -1.62. The third-order valence-corrected chi connectivity index (χ3v) is 2.53. The maximum atomic E-state index is 10.6. The molecule has 1 aliphatic rings. The molecule has 2 rings (SSSR count). The standard InChI is InChI=1S/C10H12N2O3/c13-6-7-4-12(5-7)9-2-1-8(3-11-9)10(14)15/h1-3,7,13H,4-6H2,(H,14,15). The number of pyridine rings is 1. The van der Waals surface area contributed by atoms with Crippen molar-refractivity contribution < 1.29 is 15.0 Å². The first-order valence-corrected chi connectivity index (χ1v) is 4.76. The number of carbonyl (C=O) groups is 1. The van der Waals surface area contributed by atoms with Crippen LogP contribution in [0.15, 0.2) is 18.3 Å². The van der Waals surface area contributed by atoms with Gasteiger partial charge in [0.05, 0.1) is 5.56 Å². The summed E-state index contributed by atoms with van der Waals surface area (Å²) < 4.78 is 0. The molecular weight excluding hydrogens is 196 g/mol.